The molecule has 1 aliphatic rings. The van der Waals surface area contributed by atoms with Gasteiger partial charge in [0.15, 0.2) is 23.3 Å². The summed E-state index contributed by atoms with van der Waals surface area (Å²) >= 11 is 0. The van der Waals surface area contributed by atoms with Crippen LogP contribution in [0.1, 0.15) is 97.7 Å². The molecule has 370 valence electrons. The molecule has 1 unspecified atom stereocenters. The number of hydrogen-bond donors (Lipinski definition) is 8. The van der Waals surface area contributed by atoms with Crippen LogP contribution in [0.5, 0.6) is 5.75 Å². The molecule has 1 fully saturated rings. The van der Waals surface area contributed by atoms with Gasteiger partial charge in [-0.25, -0.2) is 4.98 Å². The lowest BCUT2D eigenvalue weighted by molar-refractivity contribution is -0.139. The molecule has 10 N–H and O–H groups in total. The fourth-order valence-electron chi connectivity index (χ4n) is 8.09. The van der Waals surface area contributed by atoms with E-state index in [1.54, 1.807) is 63.0 Å². The van der Waals surface area contributed by atoms with Crippen molar-refractivity contribution in [3.8, 4) is 5.75 Å². The molecule has 2 aromatic rings. The highest BCUT2D eigenvalue weighted by Gasteiger charge is 2.39. The summed E-state index contributed by atoms with van der Waals surface area (Å²) in [6.45, 7) is 15.4. The number of H-pyrrole nitrogens is 1. The lowest BCUT2D eigenvalue weighted by Crippen LogP contribution is -2.54. The number of likely N-dealkylation sites (tertiary alicyclic amines) is 1. The maximum Gasteiger partial charge on any atom is 0.246 e. The summed E-state index contributed by atoms with van der Waals surface area (Å²) in [6, 6.07) is 2.17. The highest BCUT2D eigenvalue weighted by molar-refractivity contribution is 5.96. The Morgan fingerprint density at radius 1 is 0.910 bits per heavy atom. The Balaban J connectivity index is 1.92. The van der Waals surface area contributed by atoms with Gasteiger partial charge in [0.05, 0.1) is 37.0 Å². The summed E-state index contributed by atoms with van der Waals surface area (Å²) in [7, 11) is 3.45. The predicted molar refractivity (Wildman–Crippen MR) is 256 cm³/mol. The number of benzene rings is 1. The van der Waals surface area contributed by atoms with Gasteiger partial charge in [-0.1, -0.05) is 52.8 Å². The third kappa shape index (κ3) is 17.9. The predicted octanol–water partition coefficient (Wildman–Crippen LogP) is 1.89. The van der Waals surface area contributed by atoms with Crippen molar-refractivity contribution >= 4 is 46.9 Å². The Bertz CT molecular complexity index is 2020. The molecule has 1 aliphatic heterocycles. The molecule has 0 radical (unpaired) electrons. The van der Waals surface area contributed by atoms with Gasteiger partial charge >= 0.3 is 0 Å². The first-order chi connectivity index (χ1) is 31.6. The molecule has 19 heteroatoms. The van der Waals surface area contributed by atoms with E-state index in [0.717, 1.165) is 0 Å². The van der Waals surface area contributed by atoms with Crippen molar-refractivity contribution in [1.82, 2.24) is 41.0 Å². The number of Topliss-reactive ketones (excluding diaryl/α,β-unsaturated/α-hetero) is 3. The van der Waals surface area contributed by atoms with E-state index < -0.39 is 59.6 Å². The van der Waals surface area contributed by atoms with Gasteiger partial charge in [0.25, 0.3) is 0 Å². The molecule has 19 nitrogen and oxygen atoms in total. The fourth-order valence-corrected chi connectivity index (χ4v) is 8.09. The Labute approximate surface area is 395 Å². The van der Waals surface area contributed by atoms with Gasteiger partial charge in [-0.2, -0.15) is 0 Å². The number of aliphatic imine (C=N–C) groups is 1. The van der Waals surface area contributed by atoms with Crippen LogP contribution in [0.15, 0.2) is 54.1 Å². The molecule has 2 heterocycles. The zero-order chi connectivity index (χ0) is 50.0. The molecule has 0 bridgehead atoms. The standard InChI is InChI=1S/C48H75N11O8/c1-10-29(4)37(46(66)57-40(22-34-25-51-27-53-34)47(67)59-20-12-14-41(59)31(6)54-30(5)32(7)60)24-43(63)39(21-33-15-17-35(61)18-16-33)56-45(65)36(28(2)3)23-42(62)38(13-11-19-52-48(49)50)55-44(64)26-58(8)9/h15-18,25,27-30,36-41,54,61H,6,10-14,19-24,26H2,1-5,7-9H3,(H,51,53)(H,55,64)(H,56,65)(H,57,66)(H4,49,50,52)/t29?,30-,36+,37+,38+,39+,40+,41+/m1/s1. The molecule has 0 spiro atoms. The fraction of sp³-hybridized carbons (Fsp3) is 0.604. The topological polar surface area (TPSA) is 287 Å². The monoisotopic (exact) mass is 934 g/mol. The Morgan fingerprint density at radius 3 is 2.12 bits per heavy atom. The number of imidazole rings is 1. The van der Waals surface area contributed by atoms with Crippen LogP contribution in [0.2, 0.25) is 0 Å². The van der Waals surface area contributed by atoms with E-state index in [-0.39, 0.29) is 92.1 Å². The largest absolute Gasteiger partial charge is 0.508 e. The second-order valence-corrected chi connectivity index (χ2v) is 18.5. The number of aromatic hydroxyl groups is 1. The summed E-state index contributed by atoms with van der Waals surface area (Å²) in [6.07, 6.45) is 5.07. The zero-order valence-corrected chi connectivity index (χ0v) is 40.6. The maximum absolute atomic E-state index is 14.6. The van der Waals surface area contributed by atoms with E-state index in [1.807, 2.05) is 13.8 Å². The van der Waals surface area contributed by atoms with Gasteiger partial charge in [-0.3, -0.25) is 38.6 Å². The third-order valence-electron chi connectivity index (χ3n) is 12.4. The zero-order valence-electron chi connectivity index (χ0n) is 40.6. The number of rotatable bonds is 29. The van der Waals surface area contributed by atoms with Crippen LogP contribution in [-0.2, 0) is 46.4 Å². The minimum Gasteiger partial charge on any atom is -0.508 e. The van der Waals surface area contributed by atoms with Gasteiger partial charge < -0.3 is 52.6 Å². The van der Waals surface area contributed by atoms with Gasteiger partial charge in [0, 0.05) is 61.8 Å². The van der Waals surface area contributed by atoms with E-state index in [9.17, 15) is 38.7 Å². The van der Waals surface area contributed by atoms with Crippen LogP contribution in [-0.4, -0.2) is 136 Å². The number of phenolic OH excluding ortho intramolecular Hbond substituents is 1. The van der Waals surface area contributed by atoms with Crippen molar-refractivity contribution in [2.75, 3.05) is 33.7 Å². The summed E-state index contributed by atoms with van der Waals surface area (Å²) in [5.41, 5.74) is 12.7. The number of amides is 4. The summed E-state index contributed by atoms with van der Waals surface area (Å²) in [5.74, 6) is -5.27. The molecule has 1 aromatic carbocycles. The smallest absolute Gasteiger partial charge is 0.246 e. The van der Waals surface area contributed by atoms with E-state index in [1.165, 1.54) is 25.4 Å². The number of aromatic nitrogens is 2. The van der Waals surface area contributed by atoms with E-state index in [4.69, 9.17) is 11.5 Å². The maximum atomic E-state index is 14.6. The Hall–Kier alpha value is -6.11. The summed E-state index contributed by atoms with van der Waals surface area (Å²) in [5, 5.41) is 21.8. The molecule has 0 saturated carbocycles. The number of likely N-dealkylation sites (N-methyl/N-ethyl adjacent to an activating group) is 1. The number of aromatic amines is 1. The van der Waals surface area contributed by atoms with E-state index in [2.05, 4.69) is 42.8 Å². The van der Waals surface area contributed by atoms with Crippen LogP contribution >= 0.6 is 0 Å². The molecular formula is C48H75N11O8. The first-order valence-corrected chi connectivity index (χ1v) is 23.3. The molecule has 1 saturated heterocycles. The minimum atomic E-state index is -1.15. The van der Waals surface area contributed by atoms with E-state index in [0.29, 0.717) is 49.2 Å². The quantitative estimate of drug-likeness (QED) is 0.0329. The van der Waals surface area contributed by atoms with Crippen molar-refractivity contribution in [1.29, 1.82) is 0 Å². The number of carbonyl (C=O) groups excluding carboxylic acids is 7. The number of guanidine groups is 1. The van der Waals surface area contributed by atoms with Crippen molar-refractivity contribution in [3.05, 3.63) is 60.3 Å². The Kier molecular flexibility index (Phi) is 22.2. The summed E-state index contributed by atoms with van der Waals surface area (Å²) < 4.78 is 0. The highest BCUT2D eigenvalue weighted by atomic mass is 16.3. The molecular weight excluding hydrogens is 859 g/mol. The average molecular weight is 934 g/mol. The van der Waals surface area contributed by atoms with Gasteiger partial charge in [-0.15, -0.1) is 0 Å². The Morgan fingerprint density at radius 2 is 1.54 bits per heavy atom. The van der Waals surface area contributed by atoms with Crippen molar-refractivity contribution < 1.29 is 38.7 Å². The molecule has 1 aromatic heterocycles. The first kappa shape index (κ1) is 55.2. The van der Waals surface area contributed by atoms with E-state index >= 15 is 0 Å². The first-order valence-electron chi connectivity index (χ1n) is 23.3. The summed E-state index contributed by atoms with van der Waals surface area (Å²) in [4.78, 5) is 111. The third-order valence-corrected chi connectivity index (χ3v) is 12.4. The van der Waals surface area contributed by atoms with Crippen LogP contribution < -0.4 is 32.7 Å². The number of carbonyl (C=O) groups is 7. The number of nitrogens with one attached hydrogen (secondary N) is 5. The number of phenols is 1. The SMILES string of the molecule is C=C(N[C@H](C)C(C)=O)[C@@H]1CCCN1C(=O)[C@H](Cc1cnc[nH]1)NC(=O)[C@@H](CC(=O)[C@H](Cc1ccc(O)cc1)NC(=O)[C@@H](CC(=O)[C@H](CCCN=C(N)N)NC(=O)CN(C)C)C(C)C)C(C)CC. The molecule has 0 aliphatic carbocycles. The molecule has 67 heavy (non-hydrogen) atoms. The number of nitrogens with zero attached hydrogens (tertiary/aromatic N) is 4. The van der Waals surface area contributed by atoms with Crippen LogP contribution in [0.4, 0.5) is 0 Å². The van der Waals surface area contributed by atoms with Gasteiger partial charge in [0.2, 0.25) is 23.6 Å². The number of ketones is 3. The lowest BCUT2D eigenvalue weighted by atomic mass is 9.83. The van der Waals surface area contributed by atoms with Crippen molar-refractivity contribution in [2.45, 2.75) is 130 Å². The highest BCUT2D eigenvalue weighted by Crippen LogP contribution is 2.26. The average Bonchev–Trinajstić information content (AvgIpc) is 3.98. The lowest BCUT2D eigenvalue weighted by Gasteiger charge is -2.32. The second-order valence-electron chi connectivity index (χ2n) is 18.5. The number of nitrogens with two attached hydrogens (primary N) is 2. The normalized spacial score (nSPS) is 16.7. The van der Waals surface area contributed by atoms with Crippen molar-refractivity contribution in [2.24, 2.45) is 40.1 Å². The van der Waals surface area contributed by atoms with Crippen LogP contribution in [0, 0.1) is 23.7 Å². The minimum absolute atomic E-state index is 0.0127. The van der Waals surface area contributed by atoms with Gasteiger partial charge in [-0.05, 0) is 89.6 Å². The van der Waals surface area contributed by atoms with Gasteiger partial charge in [0.1, 0.15) is 11.8 Å². The van der Waals surface area contributed by atoms with Crippen molar-refractivity contribution in [3.63, 3.8) is 0 Å². The molecule has 3 rings (SSSR count). The number of hydrogen-bond acceptors (Lipinski definition) is 12. The molecule has 4 amide bonds. The van der Waals surface area contributed by atoms with Crippen LogP contribution in [0.3, 0.4) is 0 Å². The molecule has 8 atom stereocenters. The van der Waals surface area contributed by atoms with Crippen LogP contribution in [0.25, 0.3) is 0 Å². The second kappa shape index (κ2) is 26.9.